The summed E-state index contributed by atoms with van der Waals surface area (Å²) in [6, 6.07) is 18.8. The maximum atomic E-state index is 12.2. The third-order valence-electron chi connectivity index (χ3n) is 3.98. The number of nitrogens with one attached hydrogen (secondary N) is 2. The van der Waals surface area contributed by atoms with Crippen molar-refractivity contribution in [3.05, 3.63) is 69.6 Å². The molecule has 3 aromatic carbocycles. The SMILES string of the molecule is CC(Oc1ccc2ccccc2c1)C(=O)NNC(=O)COc1ccc(Br)cc1Br. The summed E-state index contributed by atoms with van der Waals surface area (Å²) in [6.07, 6.45) is -0.794. The molecule has 2 N–H and O–H groups in total. The quantitative estimate of drug-likeness (QED) is 0.472. The lowest BCUT2D eigenvalue weighted by atomic mass is 10.1. The number of rotatable bonds is 6. The van der Waals surface area contributed by atoms with Gasteiger partial charge in [-0.05, 0) is 64.0 Å². The molecule has 0 saturated heterocycles. The maximum absolute atomic E-state index is 12.2. The highest BCUT2D eigenvalue weighted by Crippen LogP contribution is 2.28. The van der Waals surface area contributed by atoms with Gasteiger partial charge in [-0.3, -0.25) is 20.4 Å². The predicted molar refractivity (Wildman–Crippen MR) is 118 cm³/mol. The molecule has 0 fully saturated rings. The van der Waals surface area contributed by atoms with E-state index < -0.39 is 17.9 Å². The first kappa shape index (κ1) is 21.1. The van der Waals surface area contributed by atoms with E-state index in [4.69, 9.17) is 9.47 Å². The molecule has 3 rings (SSSR count). The zero-order chi connectivity index (χ0) is 20.8. The second kappa shape index (κ2) is 9.76. The summed E-state index contributed by atoms with van der Waals surface area (Å²) in [5.41, 5.74) is 4.65. The number of amides is 2. The molecule has 0 radical (unpaired) electrons. The molecule has 1 atom stereocenters. The van der Waals surface area contributed by atoms with Crippen molar-refractivity contribution in [2.45, 2.75) is 13.0 Å². The second-order valence-corrected chi connectivity index (χ2v) is 7.94. The summed E-state index contributed by atoms with van der Waals surface area (Å²) in [5, 5.41) is 2.10. The number of carbonyl (C=O) groups excluding carboxylic acids is 2. The highest BCUT2D eigenvalue weighted by Gasteiger charge is 2.16. The van der Waals surface area contributed by atoms with Crippen LogP contribution in [0.2, 0.25) is 0 Å². The Kier molecular flexibility index (Phi) is 7.11. The molecule has 0 aromatic heterocycles. The van der Waals surface area contributed by atoms with E-state index in [-0.39, 0.29) is 6.61 Å². The van der Waals surface area contributed by atoms with Gasteiger partial charge >= 0.3 is 0 Å². The monoisotopic (exact) mass is 520 g/mol. The van der Waals surface area contributed by atoms with E-state index in [1.165, 1.54) is 0 Å². The lowest BCUT2D eigenvalue weighted by Crippen LogP contribution is -2.48. The van der Waals surface area contributed by atoms with Gasteiger partial charge in [0.2, 0.25) is 0 Å². The van der Waals surface area contributed by atoms with E-state index >= 15 is 0 Å². The molecule has 2 amide bonds. The Morgan fingerprint density at radius 3 is 2.48 bits per heavy atom. The van der Waals surface area contributed by atoms with Crippen molar-refractivity contribution < 1.29 is 19.1 Å². The Labute approximate surface area is 184 Å². The Bertz CT molecular complexity index is 1040. The lowest BCUT2D eigenvalue weighted by molar-refractivity contribution is -0.133. The van der Waals surface area contributed by atoms with Crippen LogP contribution in [-0.4, -0.2) is 24.5 Å². The van der Waals surface area contributed by atoms with Crippen molar-refractivity contribution in [2.24, 2.45) is 0 Å². The molecule has 0 aliphatic heterocycles. The van der Waals surface area contributed by atoms with Crippen LogP contribution in [0.25, 0.3) is 10.8 Å². The molecule has 0 saturated carbocycles. The van der Waals surface area contributed by atoms with Crippen LogP contribution in [0, 0.1) is 0 Å². The van der Waals surface area contributed by atoms with Gasteiger partial charge in [0.1, 0.15) is 11.5 Å². The topological polar surface area (TPSA) is 76.7 Å². The van der Waals surface area contributed by atoms with Gasteiger partial charge in [-0.15, -0.1) is 0 Å². The minimum absolute atomic E-state index is 0.250. The van der Waals surface area contributed by atoms with Gasteiger partial charge in [-0.25, -0.2) is 0 Å². The Morgan fingerprint density at radius 2 is 1.72 bits per heavy atom. The lowest BCUT2D eigenvalue weighted by Gasteiger charge is -2.16. The van der Waals surface area contributed by atoms with E-state index in [9.17, 15) is 9.59 Å². The van der Waals surface area contributed by atoms with Gasteiger partial charge in [0.05, 0.1) is 4.47 Å². The van der Waals surface area contributed by atoms with E-state index in [0.717, 1.165) is 15.2 Å². The van der Waals surface area contributed by atoms with Crippen LogP contribution >= 0.6 is 31.9 Å². The van der Waals surface area contributed by atoms with Gasteiger partial charge in [0, 0.05) is 4.47 Å². The summed E-state index contributed by atoms with van der Waals surface area (Å²) < 4.78 is 12.7. The molecule has 0 aliphatic carbocycles. The molecule has 6 nitrogen and oxygen atoms in total. The van der Waals surface area contributed by atoms with Gasteiger partial charge in [-0.1, -0.05) is 46.3 Å². The fourth-order valence-corrected chi connectivity index (χ4v) is 3.66. The zero-order valence-electron chi connectivity index (χ0n) is 15.4. The van der Waals surface area contributed by atoms with Gasteiger partial charge in [-0.2, -0.15) is 0 Å². The van der Waals surface area contributed by atoms with Crippen molar-refractivity contribution in [3.63, 3.8) is 0 Å². The molecule has 0 aliphatic rings. The molecule has 0 spiro atoms. The summed E-state index contributed by atoms with van der Waals surface area (Å²) in [7, 11) is 0. The number of benzene rings is 3. The number of hydrazine groups is 1. The fourth-order valence-electron chi connectivity index (χ4n) is 2.50. The number of hydrogen-bond donors (Lipinski definition) is 2. The van der Waals surface area contributed by atoms with Crippen molar-refractivity contribution in [3.8, 4) is 11.5 Å². The van der Waals surface area contributed by atoms with Crippen LogP contribution in [0.5, 0.6) is 11.5 Å². The minimum Gasteiger partial charge on any atom is -0.483 e. The van der Waals surface area contributed by atoms with Gasteiger partial charge in [0.25, 0.3) is 11.8 Å². The normalized spacial score (nSPS) is 11.6. The Balaban J connectivity index is 1.46. The van der Waals surface area contributed by atoms with E-state index in [0.29, 0.717) is 16.0 Å². The number of carbonyl (C=O) groups is 2. The highest BCUT2D eigenvalue weighted by molar-refractivity contribution is 9.11. The first-order valence-corrected chi connectivity index (χ1v) is 10.3. The van der Waals surface area contributed by atoms with Crippen LogP contribution in [0.4, 0.5) is 0 Å². The summed E-state index contributed by atoms with van der Waals surface area (Å²) in [6.45, 7) is 1.35. The first-order valence-electron chi connectivity index (χ1n) is 8.74. The third kappa shape index (κ3) is 5.95. The molecular weight excluding hydrogens is 504 g/mol. The van der Waals surface area contributed by atoms with Crippen LogP contribution in [-0.2, 0) is 9.59 Å². The predicted octanol–water partition coefficient (Wildman–Crippen LogP) is 4.36. The molecule has 0 bridgehead atoms. The summed E-state index contributed by atoms with van der Waals surface area (Å²) in [4.78, 5) is 24.1. The van der Waals surface area contributed by atoms with Crippen molar-refractivity contribution in [1.29, 1.82) is 0 Å². The van der Waals surface area contributed by atoms with Crippen LogP contribution in [0.1, 0.15) is 6.92 Å². The number of halogens is 2. The molecular formula is C21H18Br2N2O4. The van der Waals surface area contributed by atoms with Crippen LogP contribution in [0.15, 0.2) is 69.6 Å². The molecule has 29 heavy (non-hydrogen) atoms. The molecule has 0 heterocycles. The average molecular weight is 522 g/mol. The first-order chi connectivity index (χ1) is 13.9. The van der Waals surface area contributed by atoms with Crippen molar-refractivity contribution in [1.82, 2.24) is 10.9 Å². The second-order valence-electron chi connectivity index (χ2n) is 6.17. The van der Waals surface area contributed by atoms with Crippen molar-refractivity contribution >= 4 is 54.4 Å². The number of ether oxygens (including phenoxy) is 2. The fraction of sp³-hybridized carbons (Fsp3) is 0.143. The Morgan fingerprint density at radius 1 is 0.966 bits per heavy atom. The summed E-state index contributed by atoms with van der Waals surface area (Å²) in [5.74, 6) is 0.117. The van der Waals surface area contributed by atoms with E-state index in [1.807, 2.05) is 36.4 Å². The molecule has 3 aromatic rings. The smallest absolute Gasteiger partial charge is 0.279 e. The van der Waals surface area contributed by atoms with Gasteiger partial charge < -0.3 is 9.47 Å². The van der Waals surface area contributed by atoms with Crippen LogP contribution < -0.4 is 20.3 Å². The van der Waals surface area contributed by atoms with E-state index in [1.54, 1.807) is 31.2 Å². The van der Waals surface area contributed by atoms with Crippen molar-refractivity contribution in [2.75, 3.05) is 6.61 Å². The molecule has 1 unspecified atom stereocenters. The largest absolute Gasteiger partial charge is 0.483 e. The highest BCUT2D eigenvalue weighted by atomic mass is 79.9. The average Bonchev–Trinajstić information content (AvgIpc) is 2.71. The molecule has 8 heteroatoms. The van der Waals surface area contributed by atoms with Gasteiger partial charge in [0.15, 0.2) is 12.7 Å². The minimum atomic E-state index is -0.794. The molecule has 150 valence electrons. The van der Waals surface area contributed by atoms with Crippen LogP contribution in [0.3, 0.4) is 0 Å². The Hall–Kier alpha value is -2.58. The van der Waals surface area contributed by atoms with E-state index in [2.05, 4.69) is 42.7 Å². The third-order valence-corrected chi connectivity index (χ3v) is 5.09. The standard InChI is InChI=1S/C21H18Br2N2O4/c1-13(29-17-8-6-14-4-2-3-5-15(14)10-17)21(27)25-24-20(26)12-28-19-9-7-16(22)11-18(19)23/h2-11,13H,12H2,1H3,(H,24,26)(H,25,27). The summed E-state index contributed by atoms with van der Waals surface area (Å²) >= 11 is 6.69. The number of hydrogen-bond acceptors (Lipinski definition) is 4. The zero-order valence-corrected chi connectivity index (χ0v) is 18.6. The number of fused-ring (bicyclic) bond motifs is 1. The maximum Gasteiger partial charge on any atom is 0.279 e.